The minimum atomic E-state index is 0.396. The van der Waals surface area contributed by atoms with Gasteiger partial charge in [-0.05, 0) is 46.5 Å². The maximum absolute atomic E-state index is 5.90. The van der Waals surface area contributed by atoms with E-state index in [1.807, 2.05) is 12.1 Å². The van der Waals surface area contributed by atoms with Gasteiger partial charge in [0, 0.05) is 17.6 Å². The van der Waals surface area contributed by atoms with E-state index in [2.05, 4.69) is 41.2 Å². The Bertz CT molecular complexity index is 436. The van der Waals surface area contributed by atoms with Gasteiger partial charge in [0.2, 0.25) is 0 Å². The molecule has 1 heterocycles. The maximum atomic E-state index is 5.90. The second kappa shape index (κ2) is 6.20. The van der Waals surface area contributed by atoms with E-state index in [-0.39, 0.29) is 0 Å². The first-order valence-electron chi connectivity index (χ1n) is 5.79. The van der Waals surface area contributed by atoms with Crippen LogP contribution in [0.25, 0.3) is 0 Å². The fourth-order valence-corrected chi connectivity index (χ4v) is 2.62. The monoisotopic (exact) mass is 265 g/mol. The number of nitrogens with one attached hydrogen (secondary N) is 1. The van der Waals surface area contributed by atoms with Gasteiger partial charge in [0.25, 0.3) is 0 Å². The van der Waals surface area contributed by atoms with E-state index >= 15 is 0 Å². The summed E-state index contributed by atoms with van der Waals surface area (Å²) in [5, 5.41) is 8.66. The van der Waals surface area contributed by atoms with E-state index < -0.39 is 0 Å². The van der Waals surface area contributed by atoms with E-state index in [0.717, 1.165) is 18.0 Å². The second-order valence-corrected chi connectivity index (χ2v) is 5.24. The Hall–Kier alpha value is -0.830. The van der Waals surface area contributed by atoms with Gasteiger partial charge in [0.05, 0.1) is 0 Å². The molecule has 0 bridgehead atoms. The van der Waals surface area contributed by atoms with E-state index in [1.165, 1.54) is 11.1 Å². The van der Waals surface area contributed by atoms with Crippen LogP contribution in [-0.2, 0) is 6.54 Å². The van der Waals surface area contributed by atoms with Crippen molar-refractivity contribution in [3.63, 3.8) is 0 Å². The maximum Gasteiger partial charge on any atom is 0.0406 e. The lowest BCUT2D eigenvalue weighted by Crippen LogP contribution is -2.19. The molecule has 3 heteroatoms. The molecule has 0 radical (unpaired) electrons. The lowest BCUT2D eigenvalue weighted by atomic mass is 10.0. The van der Waals surface area contributed by atoms with Gasteiger partial charge in [0.15, 0.2) is 0 Å². The lowest BCUT2D eigenvalue weighted by Gasteiger charge is -2.17. The molecule has 90 valence electrons. The summed E-state index contributed by atoms with van der Waals surface area (Å²) >= 11 is 7.64. The zero-order valence-corrected chi connectivity index (χ0v) is 11.4. The Kier molecular flexibility index (Phi) is 4.60. The molecule has 1 aromatic heterocycles. The first kappa shape index (κ1) is 12.6. The molecule has 0 saturated carbocycles. The fourth-order valence-electron chi connectivity index (χ4n) is 1.83. The van der Waals surface area contributed by atoms with E-state index in [0.29, 0.717) is 6.04 Å². The van der Waals surface area contributed by atoms with Gasteiger partial charge in [0.1, 0.15) is 0 Å². The summed E-state index contributed by atoms with van der Waals surface area (Å²) in [6, 6.07) is 10.6. The Labute approximate surface area is 111 Å². The molecule has 0 aliphatic heterocycles. The third-order valence-electron chi connectivity index (χ3n) is 2.81. The molecule has 1 aromatic carbocycles. The van der Waals surface area contributed by atoms with Crippen LogP contribution in [0.5, 0.6) is 0 Å². The minimum Gasteiger partial charge on any atom is -0.306 e. The van der Waals surface area contributed by atoms with Crippen LogP contribution in [0.15, 0.2) is 41.1 Å². The van der Waals surface area contributed by atoms with E-state index in [4.69, 9.17) is 11.6 Å². The summed E-state index contributed by atoms with van der Waals surface area (Å²) in [6.45, 7) is 3.12. The van der Waals surface area contributed by atoms with E-state index in [1.54, 1.807) is 11.3 Å². The molecule has 0 aliphatic rings. The summed E-state index contributed by atoms with van der Waals surface area (Å²) in [7, 11) is 0. The van der Waals surface area contributed by atoms with Gasteiger partial charge in [-0.2, -0.15) is 11.3 Å². The normalized spacial score (nSPS) is 12.6. The summed E-state index contributed by atoms with van der Waals surface area (Å²) in [5.41, 5.74) is 2.65. The Balaban J connectivity index is 1.99. The first-order chi connectivity index (χ1) is 8.29. The first-order valence-corrected chi connectivity index (χ1v) is 7.11. The van der Waals surface area contributed by atoms with Crippen molar-refractivity contribution in [2.24, 2.45) is 0 Å². The largest absolute Gasteiger partial charge is 0.306 e. The second-order valence-electron chi connectivity index (χ2n) is 4.02. The van der Waals surface area contributed by atoms with Crippen molar-refractivity contribution in [3.05, 3.63) is 57.2 Å². The predicted molar refractivity (Wildman–Crippen MR) is 75.6 cm³/mol. The molecule has 1 unspecified atom stereocenters. The highest BCUT2D eigenvalue weighted by molar-refractivity contribution is 7.07. The number of halogens is 1. The molecule has 0 fully saturated rings. The molecule has 17 heavy (non-hydrogen) atoms. The van der Waals surface area contributed by atoms with Crippen molar-refractivity contribution in [3.8, 4) is 0 Å². The van der Waals surface area contributed by atoms with Crippen molar-refractivity contribution >= 4 is 22.9 Å². The van der Waals surface area contributed by atoms with Crippen LogP contribution in [0.1, 0.15) is 30.5 Å². The molecular formula is C14H16ClNS. The molecule has 0 aliphatic carbocycles. The molecular weight excluding hydrogens is 250 g/mol. The van der Waals surface area contributed by atoms with Crippen molar-refractivity contribution in [1.82, 2.24) is 5.32 Å². The Morgan fingerprint density at radius 1 is 1.24 bits per heavy atom. The molecule has 2 rings (SSSR count). The highest BCUT2D eigenvalue weighted by Crippen LogP contribution is 2.20. The van der Waals surface area contributed by atoms with Gasteiger partial charge < -0.3 is 5.32 Å². The standard InChI is InChI=1S/C14H16ClNS/c1-2-14(12-3-5-13(15)6-4-12)16-9-11-7-8-17-10-11/h3-8,10,14,16H,2,9H2,1H3. The van der Waals surface area contributed by atoms with Crippen LogP contribution in [0.2, 0.25) is 5.02 Å². The summed E-state index contributed by atoms with van der Waals surface area (Å²) in [4.78, 5) is 0. The van der Waals surface area contributed by atoms with Crippen LogP contribution >= 0.6 is 22.9 Å². The van der Waals surface area contributed by atoms with Crippen LogP contribution in [0.3, 0.4) is 0 Å². The molecule has 0 amide bonds. The van der Waals surface area contributed by atoms with Gasteiger partial charge in [-0.15, -0.1) is 0 Å². The van der Waals surface area contributed by atoms with Crippen LogP contribution < -0.4 is 5.32 Å². The third kappa shape index (κ3) is 3.56. The number of thiophene rings is 1. The van der Waals surface area contributed by atoms with Gasteiger partial charge in [-0.1, -0.05) is 30.7 Å². The fraction of sp³-hybridized carbons (Fsp3) is 0.286. The number of benzene rings is 1. The van der Waals surface area contributed by atoms with Gasteiger partial charge >= 0.3 is 0 Å². The van der Waals surface area contributed by atoms with Crippen molar-refractivity contribution in [1.29, 1.82) is 0 Å². The lowest BCUT2D eigenvalue weighted by molar-refractivity contribution is 0.519. The molecule has 0 saturated heterocycles. The van der Waals surface area contributed by atoms with Crippen LogP contribution in [-0.4, -0.2) is 0 Å². The molecule has 0 spiro atoms. The molecule has 1 atom stereocenters. The average molecular weight is 266 g/mol. The predicted octanol–water partition coefficient (Wildman–Crippen LogP) is 4.64. The van der Waals surface area contributed by atoms with Crippen LogP contribution in [0, 0.1) is 0 Å². The highest BCUT2D eigenvalue weighted by atomic mass is 35.5. The average Bonchev–Trinajstić information content (AvgIpc) is 2.85. The zero-order chi connectivity index (χ0) is 12.1. The minimum absolute atomic E-state index is 0.396. The van der Waals surface area contributed by atoms with Gasteiger partial charge in [-0.25, -0.2) is 0 Å². The quantitative estimate of drug-likeness (QED) is 0.830. The number of rotatable bonds is 5. The van der Waals surface area contributed by atoms with Crippen molar-refractivity contribution < 1.29 is 0 Å². The Morgan fingerprint density at radius 3 is 2.59 bits per heavy atom. The number of hydrogen-bond donors (Lipinski definition) is 1. The van der Waals surface area contributed by atoms with Crippen molar-refractivity contribution in [2.75, 3.05) is 0 Å². The van der Waals surface area contributed by atoms with Crippen LogP contribution in [0.4, 0.5) is 0 Å². The number of hydrogen-bond acceptors (Lipinski definition) is 2. The Morgan fingerprint density at radius 2 is 2.00 bits per heavy atom. The SMILES string of the molecule is CCC(NCc1ccsc1)c1ccc(Cl)cc1. The third-order valence-corrected chi connectivity index (χ3v) is 3.80. The molecule has 1 nitrogen and oxygen atoms in total. The van der Waals surface area contributed by atoms with Gasteiger partial charge in [-0.3, -0.25) is 0 Å². The zero-order valence-electron chi connectivity index (χ0n) is 9.82. The summed E-state index contributed by atoms with van der Waals surface area (Å²) in [6.07, 6.45) is 1.08. The van der Waals surface area contributed by atoms with E-state index in [9.17, 15) is 0 Å². The summed E-state index contributed by atoms with van der Waals surface area (Å²) < 4.78 is 0. The summed E-state index contributed by atoms with van der Waals surface area (Å²) in [5.74, 6) is 0. The highest BCUT2D eigenvalue weighted by Gasteiger charge is 2.08. The molecule has 1 N–H and O–H groups in total. The van der Waals surface area contributed by atoms with Crippen molar-refractivity contribution in [2.45, 2.75) is 25.9 Å². The topological polar surface area (TPSA) is 12.0 Å². The molecule has 2 aromatic rings. The smallest absolute Gasteiger partial charge is 0.0406 e.